The monoisotopic (exact) mass is 330 g/mol. The molecule has 1 heterocycles. The van der Waals surface area contributed by atoms with Crippen LogP contribution in [0.3, 0.4) is 0 Å². The van der Waals surface area contributed by atoms with Gasteiger partial charge in [0.15, 0.2) is 0 Å². The van der Waals surface area contributed by atoms with E-state index in [-0.39, 0.29) is 17.9 Å². The fourth-order valence-corrected chi connectivity index (χ4v) is 2.37. The molecule has 0 atom stereocenters. The summed E-state index contributed by atoms with van der Waals surface area (Å²) in [6.45, 7) is -0.0990. The van der Waals surface area contributed by atoms with Crippen LogP contribution in [0.4, 0.5) is 0 Å². The first-order valence-electron chi connectivity index (χ1n) is 6.71. The molecule has 0 aliphatic rings. The maximum absolute atomic E-state index is 12.0. The molecule has 2 aromatic carbocycles. The van der Waals surface area contributed by atoms with Crippen LogP contribution in [0.2, 0.25) is 5.02 Å². The van der Waals surface area contributed by atoms with E-state index in [9.17, 15) is 14.7 Å². The number of esters is 1. The SMILES string of the molecule is O=C(OCc1cc(=O)oc2cc(O)ccc12)c1cccc(Cl)c1. The number of carbonyl (C=O) groups is 1. The van der Waals surface area contributed by atoms with Crippen molar-refractivity contribution in [2.75, 3.05) is 0 Å². The topological polar surface area (TPSA) is 76.7 Å². The zero-order valence-electron chi connectivity index (χ0n) is 11.8. The third kappa shape index (κ3) is 3.35. The molecular weight excluding hydrogens is 320 g/mol. The van der Waals surface area contributed by atoms with Crippen LogP contribution in [0, 0.1) is 0 Å². The Hall–Kier alpha value is -2.79. The van der Waals surface area contributed by atoms with Gasteiger partial charge >= 0.3 is 11.6 Å². The second-order valence-corrected chi connectivity index (χ2v) is 5.29. The standard InChI is InChI=1S/C17H11ClO5/c18-12-3-1-2-10(6-12)17(21)22-9-11-7-16(20)23-15-8-13(19)4-5-14(11)15/h1-8,19H,9H2. The molecule has 3 aromatic rings. The van der Waals surface area contributed by atoms with Crippen molar-refractivity contribution in [1.29, 1.82) is 0 Å². The third-order valence-corrected chi connectivity index (χ3v) is 3.47. The minimum atomic E-state index is -0.586. The fourth-order valence-electron chi connectivity index (χ4n) is 2.18. The molecule has 0 radical (unpaired) electrons. The van der Waals surface area contributed by atoms with E-state index in [2.05, 4.69) is 0 Å². The smallest absolute Gasteiger partial charge is 0.338 e. The minimum absolute atomic E-state index is 0.0197. The van der Waals surface area contributed by atoms with E-state index in [1.807, 2.05) is 0 Å². The first kappa shape index (κ1) is 15.1. The van der Waals surface area contributed by atoms with E-state index in [0.717, 1.165) is 0 Å². The van der Waals surface area contributed by atoms with Crippen LogP contribution in [0.25, 0.3) is 11.0 Å². The molecule has 1 N–H and O–H groups in total. The lowest BCUT2D eigenvalue weighted by Crippen LogP contribution is -2.08. The van der Waals surface area contributed by atoms with Gasteiger partial charge in [-0.3, -0.25) is 0 Å². The minimum Gasteiger partial charge on any atom is -0.508 e. The zero-order chi connectivity index (χ0) is 16.4. The highest BCUT2D eigenvalue weighted by molar-refractivity contribution is 6.30. The summed E-state index contributed by atoms with van der Waals surface area (Å²) in [7, 11) is 0. The molecule has 23 heavy (non-hydrogen) atoms. The molecule has 0 aliphatic heterocycles. The van der Waals surface area contributed by atoms with Gasteiger partial charge in [-0.05, 0) is 30.3 Å². The number of phenolic OH excluding ortho intramolecular Hbond substituents is 1. The van der Waals surface area contributed by atoms with Gasteiger partial charge in [-0.15, -0.1) is 0 Å². The highest BCUT2D eigenvalue weighted by Gasteiger charge is 2.11. The van der Waals surface area contributed by atoms with Gasteiger partial charge in [0.2, 0.25) is 0 Å². The van der Waals surface area contributed by atoms with Gasteiger partial charge in [0.05, 0.1) is 5.56 Å². The maximum Gasteiger partial charge on any atom is 0.338 e. The van der Waals surface area contributed by atoms with Crippen molar-refractivity contribution in [3.63, 3.8) is 0 Å². The average molecular weight is 331 g/mol. The van der Waals surface area contributed by atoms with E-state index >= 15 is 0 Å². The van der Waals surface area contributed by atoms with Crippen molar-refractivity contribution in [1.82, 2.24) is 0 Å². The zero-order valence-corrected chi connectivity index (χ0v) is 12.5. The number of carbonyl (C=O) groups excluding carboxylic acids is 1. The van der Waals surface area contributed by atoms with E-state index in [1.165, 1.54) is 24.3 Å². The molecular formula is C17H11ClO5. The van der Waals surface area contributed by atoms with Gasteiger partial charge < -0.3 is 14.3 Å². The number of benzene rings is 2. The number of hydrogen-bond donors (Lipinski definition) is 1. The van der Waals surface area contributed by atoms with E-state index < -0.39 is 11.6 Å². The summed E-state index contributed by atoms with van der Waals surface area (Å²) in [5.41, 5.74) is 0.456. The van der Waals surface area contributed by atoms with Gasteiger partial charge in [-0.2, -0.15) is 0 Å². The van der Waals surface area contributed by atoms with Crippen LogP contribution in [0.5, 0.6) is 5.75 Å². The summed E-state index contributed by atoms with van der Waals surface area (Å²) in [6, 6.07) is 12.0. The summed E-state index contributed by atoms with van der Waals surface area (Å²) in [6.07, 6.45) is 0. The van der Waals surface area contributed by atoms with Gasteiger partial charge in [-0.1, -0.05) is 17.7 Å². The highest BCUT2D eigenvalue weighted by Crippen LogP contribution is 2.22. The van der Waals surface area contributed by atoms with E-state index in [0.29, 0.717) is 21.5 Å². The quantitative estimate of drug-likeness (QED) is 0.587. The molecule has 6 heteroatoms. The molecule has 1 aromatic heterocycles. The second-order valence-electron chi connectivity index (χ2n) is 4.86. The molecule has 0 spiro atoms. The molecule has 0 amide bonds. The van der Waals surface area contributed by atoms with Crippen LogP contribution < -0.4 is 5.63 Å². The lowest BCUT2D eigenvalue weighted by Gasteiger charge is -2.07. The second kappa shape index (κ2) is 6.14. The summed E-state index contributed by atoms with van der Waals surface area (Å²) < 4.78 is 10.2. The number of fused-ring (bicyclic) bond motifs is 1. The largest absolute Gasteiger partial charge is 0.508 e. The number of ether oxygens (including phenoxy) is 1. The summed E-state index contributed by atoms with van der Waals surface area (Å²) in [5, 5.41) is 10.5. The van der Waals surface area contributed by atoms with Gasteiger partial charge in [0, 0.05) is 28.1 Å². The predicted molar refractivity (Wildman–Crippen MR) is 84.7 cm³/mol. The van der Waals surface area contributed by atoms with Crippen LogP contribution in [0.1, 0.15) is 15.9 Å². The summed E-state index contributed by atoms with van der Waals surface area (Å²) >= 11 is 5.83. The lowest BCUT2D eigenvalue weighted by atomic mass is 10.1. The van der Waals surface area contributed by atoms with Crippen molar-refractivity contribution >= 4 is 28.5 Å². The molecule has 5 nitrogen and oxygen atoms in total. The van der Waals surface area contributed by atoms with E-state index in [1.54, 1.807) is 24.3 Å². The molecule has 3 rings (SSSR count). The molecule has 0 saturated heterocycles. The van der Waals surface area contributed by atoms with Crippen LogP contribution in [0.15, 0.2) is 57.7 Å². The van der Waals surface area contributed by atoms with Crippen LogP contribution >= 0.6 is 11.6 Å². The van der Waals surface area contributed by atoms with Gasteiger partial charge in [0.25, 0.3) is 0 Å². The highest BCUT2D eigenvalue weighted by atomic mass is 35.5. The molecule has 0 bridgehead atoms. The third-order valence-electron chi connectivity index (χ3n) is 3.23. The van der Waals surface area contributed by atoms with Crippen molar-refractivity contribution in [3.05, 3.63) is 75.1 Å². The fraction of sp³-hybridized carbons (Fsp3) is 0.0588. The number of phenols is 1. The van der Waals surface area contributed by atoms with Crippen molar-refractivity contribution < 1.29 is 19.1 Å². The Morgan fingerprint density at radius 2 is 2.00 bits per heavy atom. The van der Waals surface area contributed by atoms with Crippen molar-refractivity contribution in [2.24, 2.45) is 0 Å². The van der Waals surface area contributed by atoms with E-state index in [4.69, 9.17) is 20.8 Å². The number of halogens is 1. The lowest BCUT2D eigenvalue weighted by molar-refractivity contribution is 0.0474. The maximum atomic E-state index is 12.0. The Morgan fingerprint density at radius 1 is 1.17 bits per heavy atom. The molecule has 0 fully saturated rings. The Balaban J connectivity index is 1.87. The number of hydrogen-bond acceptors (Lipinski definition) is 5. The molecule has 116 valence electrons. The Bertz CT molecular complexity index is 945. The Labute approximate surface area is 135 Å². The predicted octanol–water partition coefficient (Wildman–Crippen LogP) is 3.51. The van der Waals surface area contributed by atoms with Crippen LogP contribution in [-0.2, 0) is 11.3 Å². The van der Waals surface area contributed by atoms with Gasteiger partial charge in [0.1, 0.15) is 17.9 Å². The number of aromatic hydroxyl groups is 1. The Morgan fingerprint density at radius 3 is 2.78 bits per heavy atom. The normalized spacial score (nSPS) is 10.7. The van der Waals surface area contributed by atoms with Gasteiger partial charge in [-0.25, -0.2) is 9.59 Å². The van der Waals surface area contributed by atoms with Crippen molar-refractivity contribution in [3.8, 4) is 5.75 Å². The average Bonchev–Trinajstić information content (AvgIpc) is 2.51. The van der Waals surface area contributed by atoms with Crippen LogP contribution in [-0.4, -0.2) is 11.1 Å². The molecule has 0 unspecified atom stereocenters. The summed E-state index contributed by atoms with van der Waals surface area (Å²) in [4.78, 5) is 23.6. The Kier molecular flexibility index (Phi) is 4.04. The number of rotatable bonds is 3. The first-order chi connectivity index (χ1) is 11.0. The van der Waals surface area contributed by atoms with Crippen molar-refractivity contribution in [2.45, 2.75) is 6.61 Å². The molecule has 0 aliphatic carbocycles. The summed E-state index contributed by atoms with van der Waals surface area (Å²) in [5.74, 6) is -0.568. The molecule has 0 saturated carbocycles. The first-order valence-corrected chi connectivity index (χ1v) is 7.09.